The summed E-state index contributed by atoms with van der Waals surface area (Å²) in [7, 11) is 0. The maximum Gasteiger partial charge on any atom is 0.147 e. The third-order valence-electron chi connectivity index (χ3n) is 25.4. The maximum atomic E-state index is 6.83. The fraction of sp³-hybridized carbons (Fsp3) is 0. The van der Waals surface area contributed by atoms with Crippen molar-refractivity contribution in [3.05, 3.63) is 449 Å². The van der Waals surface area contributed by atoms with Crippen molar-refractivity contribution in [2.45, 2.75) is 0 Å². The molecule has 0 aliphatic rings. The summed E-state index contributed by atoms with van der Waals surface area (Å²) in [4.78, 5) is 4.71. The Bertz CT molecular complexity index is 8690. The van der Waals surface area contributed by atoms with E-state index >= 15 is 0 Å². The molecule has 6 aromatic heterocycles. The van der Waals surface area contributed by atoms with E-state index in [0.717, 1.165) is 221 Å². The molecular weight excluding hydrogens is 1570 g/mol. The van der Waals surface area contributed by atoms with Gasteiger partial charge in [0.25, 0.3) is 0 Å². The summed E-state index contributed by atoms with van der Waals surface area (Å²) in [6, 6.07) is 158. The minimum Gasteiger partial charge on any atom is -0.456 e. The molecule has 0 aliphatic carbocycles. The minimum atomic E-state index is 0.780. The zero-order valence-electron chi connectivity index (χ0n) is 69.1. The molecule has 20 aromatic carbocycles. The number of benzene rings is 20. The van der Waals surface area contributed by atoms with E-state index < -0.39 is 0 Å². The van der Waals surface area contributed by atoms with E-state index in [9.17, 15) is 0 Å². The van der Waals surface area contributed by atoms with Gasteiger partial charge in [-0.3, -0.25) is 0 Å². The molecule has 8 nitrogen and oxygen atoms in total. The monoisotopic (exact) mass is 1640 g/mol. The fourth-order valence-corrected chi connectivity index (χ4v) is 19.3. The first kappa shape index (κ1) is 73.5. The lowest BCUT2D eigenvalue weighted by Gasteiger charge is -2.28. The minimum absolute atomic E-state index is 0.780. The van der Waals surface area contributed by atoms with Crippen LogP contribution in [0.5, 0.6) is 0 Å². The second-order valence-electron chi connectivity index (χ2n) is 32.8. The first-order chi connectivity index (χ1) is 63.4. The summed E-state index contributed by atoms with van der Waals surface area (Å²) in [6.07, 6.45) is 0. The van der Waals surface area contributed by atoms with Crippen LogP contribution in [0, 0.1) is 0 Å². The Labute approximate surface area is 735 Å². The van der Waals surface area contributed by atoms with Gasteiger partial charge in [-0.15, -0.1) is 0 Å². The average molecular weight is 1640 g/mol. The molecule has 0 spiro atoms. The predicted molar refractivity (Wildman–Crippen MR) is 529 cm³/mol. The van der Waals surface area contributed by atoms with E-state index in [0.29, 0.717) is 0 Å². The Kier molecular flexibility index (Phi) is 17.5. The number of fused-ring (bicyclic) bond motifs is 22. The normalized spacial score (nSPS) is 11.8. The highest BCUT2D eigenvalue weighted by molar-refractivity contribution is 6.35. The van der Waals surface area contributed by atoms with Crippen molar-refractivity contribution in [3.8, 4) is 89.0 Å². The number of hydrogen-bond acceptors (Lipinski definition) is 8. The van der Waals surface area contributed by atoms with Crippen LogP contribution in [0.25, 0.3) is 221 Å². The number of nitrogens with zero attached hydrogens (tertiary/aromatic N) is 2. The first-order valence-corrected chi connectivity index (χ1v) is 43.3. The molecule has 6 heterocycles. The summed E-state index contributed by atoms with van der Waals surface area (Å²) in [5, 5.41) is 12.3. The number of anilines is 6. The summed E-state index contributed by atoms with van der Waals surface area (Å²) in [6.45, 7) is 0. The molecule has 0 aliphatic heterocycles. The van der Waals surface area contributed by atoms with Gasteiger partial charge in [-0.05, 0) is 206 Å². The van der Waals surface area contributed by atoms with Crippen molar-refractivity contribution in [1.82, 2.24) is 0 Å². The molecule has 0 N–H and O–H groups in total. The van der Waals surface area contributed by atoms with Crippen LogP contribution in [0.15, 0.2) is 475 Å². The van der Waals surface area contributed by atoms with Crippen molar-refractivity contribution in [2.75, 3.05) is 9.80 Å². The van der Waals surface area contributed by atoms with Gasteiger partial charge in [-0.25, -0.2) is 0 Å². The molecule has 8 heteroatoms. The van der Waals surface area contributed by atoms with Gasteiger partial charge < -0.3 is 36.3 Å². The van der Waals surface area contributed by atoms with Gasteiger partial charge in [-0.2, -0.15) is 0 Å². The Morgan fingerprint density at radius 1 is 0.133 bits per heavy atom. The number of rotatable bonds is 14. The van der Waals surface area contributed by atoms with Crippen LogP contribution in [0.3, 0.4) is 0 Å². The number of para-hydroxylation sites is 5. The summed E-state index contributed by atoms with van der Waals surface area (Å²) < 4.78 is 40.3. The Morgan fingerprint density at radius 2 is 0.422 bits per heavy atom. The lowest BCUT2D eigenvalue weighted by molar-refractivity contribution is 0.660. The van der Waals surface area contributed by atoms with Crippen molar-refractivity contribution in [3.63, 3.8) is 0 Å². The van der Waals surface area contributed by atoms with E-state index in [1.807, 2.05) is 48.5 Å². The zero-order valence-corrected chi connectivity index (χ0v) is 69.1. The smallest absolute Gasteiger partial charge is 0.147 e. The predicted octanol–water partition coefficient (Wildman–Crippen LogP) is 35.0. The van der Waals surface area contributed by atoms with E-state index in [1.54, 1.807) is 0 Å². The van der Waals surface area contributed by atoms with Gasteiger partial charge in [0.05, 0.1) is 16.5 Å². The van der Waals surface area contributed by atoms with Crippen molar-refractivity contribution < 1.29 is 26.5 Å². The highest BCUT2D eigenvalue weighted by atomic mass is 16.4. The molecule has 0 unspecified atom stereocenters. The fourth-order valence-electron chi connectivity index (χ4n) is 19.3. The highest BCUT2D eigenvalue weighted by Crippen LogP contribution is 2.53. The molecule has 0 bridgehead atoms. The zero-order chi connectivity index (χ0) is 84.3. The van der Waals surface area contributed by atoms with Crippen LogP contribution in [0.4, 0.5) is 34.1 Å². The molecule has 26 aromatic rings. The lowest BCUT2D eigenvalue weighted by Crippen LogP contribution is -2.11. The Hall–Kier alpha value is -17.2. The Balaban J connectivity index is 0.000000139. The summed E-state index contributed by atoms with van der Waals surface area (Å²) >= 11 is 0. The second kappa shape index (κ2) is 30.4. The van der Waals surface area contributed by atoms with E-state index in [1.165, 1.54) is 33.4 Å². The van der Waals surface area contributed by atoms with E-state index in [4.69, 9.17) is 26.5 Å². The number of hydrogen-bond donors (Lipinski definition) is 0. The van der Waals surface area contributed by atoms with Gasteiger partial charge in [0.1, 0.15) is 67.0 Å². The maximum absolute atomic E-state index is 6.83. The third-order valence-corrected chi connectivity index (χ3v) is 25.4. The van der Waals surface area contributed by atoms with Gasteiger partial charge in [0, 0.05) is 99.0 Å². The van der Waals surface area contributed by atoms with E-state index in [2.05, 4.69) is 410 Å². The lowest BCUT2D eigenvalue weighted by atomic mass is 9.96. The van der Waals surface area contributed by atoms with Crippen molar-refractivity contribution in [2.24, 2.45) is 0 Å². The molecule has 600 valence electrons. The summed E-state index contributed by atoms with van der Waals surface area (Å²) in [5.74, 6) is 0. The second-order valence-corrected chi connectivity index (χ2v) is 32.8. The first-order valence-electron chi connectivity index (χ1n) is 43.3. The molecule has 128 heavy (non-hydrogen) atoms. The van der Waals surface area contributed by atoms with Crippen molar-refractivity contribution in [1.29, 1.82) is 0 Å². The molecule has 0 fully saturated rings. The van der Waals surface area contributed by atoms with Crippen LogP contribution in [-0.4, -0.2) is 0 Å². The van der Waals surface area contributed by atoms with Gasteiger partial charge in [0.15, 0.2) is 0 Å². The standard InChI is InChI=1S/2C60H37NO3/c1-4-14-38(15-5-1)41-24-28-45(29-25-41)61(47-35-43(39-16-6-2-7-17-39)34-44(36-47)40-18-8-3-9-19-40)46-30-26-42(27-31-46)51-37-55-57(56-50-21-11-13-23-53(50)64-60(51)56)58-54(62-55)33-32-49-48-20-10-12-22-52(48)63-59(49)58;1-3-13-38(14-4-1)40-23-25-42(26-24-40)46-17-7-10-20-51(46)61(44-31-27-41(28-32-44)39-15-5-2-6-16-39)45-33-29-43(30-34-45)50-37-55-57(56-49-19-9-12-22-53(49)64-60(50)56)58-54(62-55)36-35-48-47-18-8-11-21-52(47)63-59(48)58/h2*1-37H. The van der Waals surface area contributed by atoms with Crippen LogP contribution in [0.2, 0.25) is 0 Å². The van der Waals surface area contributed by atoms with Crippen LogP contribution in [-0.2, 0) is 0 Å². The molecule has 0 saturated heterocycles. The SMILES string of the molecule is c1ccc(-c2ccc(-c3ccccc3N(c3ccc(-c4ccccc4)cc3)c3ccc(-c4cc5oc6ccc7c8ccccc8oc7c6c5c5c4oc4ccccc45)cc3)cc2)cc1.c1ccc(-c2ccc(N(c3ccc(-c4cc5oc6ccc7c8ccccc8oc7c6c5c5c4oc4ccccc45)cc3)c3cc(-c4ccccc4)cc(-c4ccccc4)c3)cc2)cc1. The summed E-state index contributed by atoms with van der Waals surface area (Å²) in [5.41, 5.74) is 34.0. The highest BCUT2D eigenvalue weighted by Gasteiger charge is 2.29. The van der Waals surface area contributed by atoms with Gasteiger partial charge in [-0.1, -0.05) is 315 Å². The quantitative estimate of drug-likeness (QED) is 0.106. The van der Waals surface area contributed by atoms with Crippen LogP contribution >= 0.6 is 0 Å². The van der Waals surface area contributed by atoms with Gasteiger partial charge >= 0.3 is 0 Å². The molecular formula is C120H74N2O6. The topological polar surface area (TPSA) is 85.3 Å². The van der Waals surface area contributed by atoms with Crippen LogP contribution in [0.1, 0.15) is 0 Å². The Morgan fingerprint density at radius 3 is 0.820 bits per heavy atom. The molecule has 0 radical (unpaired) electrons. The number of furan rings is 6. The van der Waals surface area contributed by atoms with Gasteiger partial charge in [0.2, 0.25) is 0 Å². The molecule has 0 amide bonds. The average Bonchev–Trinajstić information content (AvgIpc) is 1.55. The largest absolute Gasteiger partial charge is 0.456 e. The molecule has 26 rings (SSSR count). The molecule has 0 saturated carbocycles. The van der Waals surface area contributed by atoms with E-state index in [-0.39, 0.29) is 0 Å². The third kappa shape index (κ3) is 12.5. The molecule has 0 atom stereocenters. The van der Waals surface area contributed by atoms with Crippen molar-refractivity contribution >= 4 is 166 Å². The van der Waals surface area contributed by atoms with Crippen LogP contribution < -0.4 is 9.80 Å².